The molecule has 1 atom stereocenters. The van der Waals surface area contributed by atoms with Crippen molar-refractivity contribution in [2.24, 2.45) is 0 Å². The van der Waals surface area contributed by atoms with Crippen molar-refractivity contribution in [2.75, 3.05) is 6.61 Å². The van der Waals surface area contributed by atoms with Crippen molar-refractivity contribution in [3.63, 3.8) is 0 Å². The number of halogens is 1. The molecule has 0 saturated heterocycles. The predicted octanol–water partition coefficient (Wildman–Crippen LogP) is 5.42. The molecule has 34 heavy (non-hydrogen) atoms. The van der Waals surface area contributed by atoms with E-state index in [1.807, 2.05) is 54.9 Å². The average molecular weight is 462 g/mol. The standard InChI is InChI=1S/C28H28FNO4/c1-18(2)20-13-25(29)24(27(32)14-20)16-30-15-21(23-10-6-7-11-26(23)30)12-22(31)17-34-28(33)19-8-4-3-5-9-19/h3-11,13-15,18,22,31-32H,12,16-17H2,1-2H3/t22-/m0/s1. The molecular formula is C28H28FNO4. The van der Waals surface area contributed by atoms with Crippen molar-refractivity contribution in [3.8, 4) is 5.75 Å². The van der Waals surface area contributed by atoms with Crippen LogP contribution in [0, 0.1) is 5.82 Å². The first kappa shape index (κ1) is 23.5. The van der Waals surface area contributed by atoms with Gasteiger partial charge in [0, 0.05) is 29.1 Å². The van der Waals surface area contributed by atoms with Crippen LogP contribution in [0.4, 0.5) is 4.39 Å². The summed E-state index contributed by atoms with van der Waals surface area (Å²) in [6.07, 6.45) is 1.21. The summed E-state index contributed by atoms with van der Waals surface area (Å²) in [5.41, 5.74) is 3.09. The normalized spacial score (nSPS) is 12.3. The SMILES string of the molecule is CC(C)c1cc(O)c(Cn2cc(C[C@H](O)COC(=O)c3ccccc3)c3ccccc32)c(F)c1. The van der Waals surface area contributed by atoms with E-state index in [0.29, 0.717) is 5.56 Å². The number of para-hydroxylation sites is 1. The summed E-state index contributed by atoms with van der Waals surface area (Å²) in [6.45, 7) is 3.90. The summed E-state index contributed by atoms with van der Waals surface area (Å²) in [5, 5.41) is 21.9. The van der Waals surface area contributed by atoms with E-state index in [-0.39, 0.29) is 36.8 Å². The third kappa shape index (κ3) is 5.13. The molecule has 0 spiro atoms. The first-order valence-electron chi connectivity index (χ1n) is 11.3. The fourth-order valence-electron chi connectivity index (χ4n) is 4.06. The highest BCUT2D eigenvalue weighted by Gasteiger charge is 2.18. The van der Waals surface area contributed by atoms with E-state index >= 15 is 0 Å². The highest BCUT2D eigenvalue weighted by atomic mass is 19.1. The Labute approximate surface area is 198 Å². The molecule has 0 saturated carbocycles. The van der Waals surface area contributed by atoms with Gasteiger partial charge in [-0.3, -0.25) is 0 Å². The second-order valence-electron chi connectivity index (χ2n) is 8.78. The van der Waals surface area contributed by atoms with Crippen LogP contribution in [-0.2, 0) is 17.7 Å². The number of hydrogen-bond donors (Lipinski definition) is 2. The number of carbonyl (C=O) groups excluding carboxylic acids is 1. The molecule has 0 radical (unpaired) electrons. The van der Waals surface area contributed by atoms with E-state index in [1.54, 1.807) is 30.3 Å². The number of fused-ring (bicyclic) bond motifs is 1. The Kier molecular flexibility index (Phi) is 6.98. The van der Waals surface area contributed by atoms with E-state index in [0.717, 1.165) is 22.0 Å². The topological polar surface area (TPSA) is 71.7 Å². The molecule has 0 fully saturated rings. The molecule has 0 aliphatic heterocycles. The summed E-state index contributed by atoms with van der Waals surface area (Å²) in [6, 6.07) is 19.3. The van der Waals surface area contributed by atoms with Crippen molar-refractivity contribution in [2.45, 2.75) is 38.8 Å². The Morgan fingerprint density at radius 1 is 1.06 bits per heavy atom. The molecule has 2 N–H and O–H groups in total. The number of nitrogens with zero attached hydrogens (tertiary/aromatic N) is 1. The van der Waals surface area contributed by atoms with Gasteiger partial charge in [-0.05, 0) is 47.4 Å². The third-order valence-corrected chi connectivity index (χ3v) is 5.93. The zero-order valence-electron chi connectivity index (χ0n) is 19.2. The molecular weight excluding hydrogens is 433 g/mol. The molecule has 1 aromatic heterocycles. The zero-order valence-corrected chi connectivity index (χ0v) is 19.2. The molecule has 3 aromatic carbocycles. The maximum atomic E-state index is 14.8. The lowest BCUT2D eigenvalue weighted by molar-refractivity contribution is 0.0259. The van der Waals surface area contributed by atoms with Gasteiger partial charge in [0.25, 0.3) is 0 Å². The smallest absolute Gasteiger partial charge is 0.338 e. The quantitative estimate of drug-likeness (QED) is 0.344. The Balaban J connectivity index is 1.53. The van der Waals surface area contributed by atoms with Gasteiger partial charge in [-0.15, -0.1) is 0 Å². The van der Waals surface area contributed by atoms with Crippen LogP contribution in [0.5, 0.6) is 5.75 Å². The number of aliphatic hydroxyl groups is 1. The largest absolute Gasteiger partial charge is 0.507 e. The molecule has 176 valence electrons. The first-order chi connectivity index (χ1) is 16.3. The maximum absolute atomic E-state index is 14.8. The van der Waals surface area contributed by atoms with Gasteiger partial charge in [-0.2, -0.15) is 0 Å². The van der Waals surface area contributed by atoms with Crippen LogP contribution >= 0.6 is 0 Å². The average Bonchev–Trinajstić information content (AvgIpc) is 3.17. The van der Waals surface area contributed by atoms with Gasteiger partial charge in [0.05, 0.1) is 18.2 Å². The minimum atomic E-state index is -0.901. The zero-order chi connectivity index (χ0) is 24.2. The summed E-state index contributed by atoms with van der Waals surface area (Å²) in [5.74, 6) is -0.907. The lowest BCUT2D eigenvalue weighted by Gasteiger charge is -2.13. The lowest BCUT2D eigenvalue weighted by atomic mass is 10.0. The third-order valence-electron chi connectivity index (χ3n) is 5.93. The maximum Gasteiger partial charge on any atom is 0.338 e. The molecule has 6 heteroatoms. The number of benzene rings is 3. The van der Waals surface area contributed by atoms with Gasteiger partial charge >= 0.3 is 5.97 Å². The van der Waals surface area contributed by atoms with Crippen LogP contribution in [-0.4, -0.2) is 33.5 Å². The van der Waals surface area contributed by atoms with E-state index in [4.69, 9.17) is 4.74 Å². The van der Waals surface area contributed by atoms with Crippen LogP contribution in [0.1, 0.15) is 46.8 Å². The number of phenols is 1. The summed E-state index contributed by atoms with van der Waals surface area (Å²) in [7, 11) is 0. The minimum Gasteiger partial charge on any atom is -0.507 e. The number of esters is 1. The highest BCUT2D eigenvalue weighted by Crippen LogP contribution is 2.30. The van der Waals surface area contributed by atoms with Crippen LogP contribution < -0.4 is 0 Å². The Hall–Kier alpha value is -3.64. The van der Waals surface area contributed by atoms with Crippen molar-refractivity contribution in [1.29, 1.82) is 0 Å². The second-order valence-corrected chi connectivity index (χ2v) is 8.78. The monoisotopic (exact) mass is 461 g/mol. The van der Waals surface area contributed by atoms with Gasteiger partial charge < -0.3 is 19.5 Å². The number of aromatic hydroxyl groups is 1. The van der Waals surface area contributed by atoms with Crippen LogP contribution in [0.25, 0.3) is 10.9 Å². The summed E-state index contributed by atoms with van der Waals surface area (Å²) in [4.78, 5) is 12.2. The van der Waals surface area contributed by atoms with E-state index in [2.05, 4.69) is 0 Å². The van der Waals surface area contributed by atoms with Crippen molar-refractivity contribution in [3.05, 3.63) is 101 Å². The van der Waals surface area contributed by atoms with Gasteiger partial charge in [0.2, 0.25) is 0 Å². The number of carbonyl (C=O) groups is 1. The molecule has 4 aromatic rings. The van der Waals surface area contributed by atoms with E-state index in [9.17, 15) is 19.4 Å². The van der Waals surface area contributed by atoms with Crippen molar-refractivity contribution in [1.82, 2.24) is 4.57 Å². The number of phenolic OH excluding ortho intramolecular Hbond substituents is 1. The fourth-order valence-corrected chi connectivity index (χ4v) is 4.06. The van der Waals surface area contributed by atoms with Gasteiger partial charge in [-0.1, -0.05) is 50.2 Å². The molecule has 0 unspecified atom stereocenters. The number of aliphatic hydroxyl groups excluding tert-OH is 1. The molecule has 0 aliphatic rings. The first-order valence-corrected chi connectivity index (χ1v) is 11.3. The summed E-state index contributed by atoms with van der Waals surface area (Å²) >= 11 is 0. The number of hydrogen-bond acceptors (Lipinski definition) is 4. The van der Waals surface area contributed by atoms with Crippen molar-refractivity contribution >= 4 is 16.9 Å². The van der Waals surface area contributed by atoms with E-state index < -0.39 is 17.9 Å². The number of ether oxygens (including phenoxy) is 1. The number of aromatic nitrogens is 1. The van der Waals surface area contributed by atoms with Gasteiger partial charge in [0.1, 0.15) is 18.2 Å². The molecule has 0 bridgehead atoms. The Morgan fingerprint density at radius 3 is 2.47 bits per heavy atom. The van der Waals surface area contributed by atoms with Gasteiger partial charge in [0.15, 0.2) is 0 Å². The molecule has 4 rings (SSSR count). The van der Waals surface area contributed by atoms with Gasteiger partial charge in [-0.25, -0.2) is 9.18 Å². The molecule has 0 amide bonds. The fraction of sp³-hybridized carbons (Fsp3) is 0.250. The van der Waals surface area contributed by atoms with Crippen LogP contribution in [0.2, 0.25) is 0 Å². The van der Waals surface area contributed by atoms with Crippen LogP contribution in [0.15, 0.2) is 72.9 Å². The number of rotatable bonds is 8. The molecule has 5 nitrogen and oxygen atoms in total. The van der Waals surface area contributed by atoms with Crippen molar-refractivity contribution < 1.29 is 24.1 Å². The van der Waals surface area contributed by atoms with E-state index in [1.165, 1.54) is 6.07 Å². The minimum absolute atomic E-state index is 0.0732. The molecule has 1 heterocycles. The highest BCUT2D eigenvalue weighted by molar-refractivity contribution is 5.89. The predicted molar refractivity (Wildman–Crippen MR) is 130 cm³/mol. The Morgan fingerprint density at radius 2 is 1.76 bits per heavy atom. The van der Waals surface area contributed by atoms with Crippen LogP contribution in [0.3, 0.4) is 0 Å². The second kappa shape index (κ2) is 10.1. The summed E-state index contributed by atoms with van der Waals surface area (Å²) < 4.78 is 21.9. The lowest BCUT2D eigenvalue weighted by Crippen LogP contribution is -2.20. The molecule has 0 aliphatic carbocycles. The Bertz CT molecular complexity index is 1270.